The molecule has 0 atom stereocenters. The first-order chi connectivity index (χ1) is 25.5. The highest BCUT2D eigenvalue weighted by Crippen LogP contribution is 2.54. The second-order valence-corrected chi connectivity index (χ2v) is 15.6. The molecular formula is C49H33NOS. The van der Waals surface area contributed by atoms with Crippen LogP contribution in [0, 0.1) is 0 Å². The minimum absolute atomic E-state index is 0.0940. The summed E-state index contributed by atoms with van der Waals surface area (Å²) in [4.78, 5) is 2.46. The number of hydrogen-bond donors (Lipinski definition) is 0. The van der Waals surface area contributed by atoms with E-state index in [1.54, 1.807) is 0 Å². The van der Waals surface area contributed by atoms with E-state index in [0.717, 1.165) is 44.3 Å². The molecule has 1 aliphatic rings. The van der Waals surface area contributed by atoms with Crippen LogP contribution in [0.15, 0.2) is 168 Å². The molecule has 3 heteroatoms. The molecule has 0 amide bonds. The van der Waals surface area contributed by atoms with E-state index in [1.165, 1.54) is 59.1 Å². The van der Waals surface area contributed by atoms with Gasteiger partial charge in [0.15, 0.2) is 0 Å². The van der Waals surface area contributed by atoms with Crippen LogP contribution in [0.4, 0.5) is 17.1 Å². The molecule has 1 aliphatic carbocycles. The molecule has 8 aromatic carbocycles. The normalized spacial score (nSPS) is 13.3. The summed E-state index contributed by atoms with van der Waals surface area (Å²) in [6, 6.07) is 59.9. The molecule has 0 saturated carbocycles. The van der Waals surface area contributed by atoms with Gasteiger partial charge >= 0.3 is 0 Å². The number of hydrogen-bond acceptors (Lipinski definition) is 3. The van der Waals surface area contributed by atoms with Crippen LogP contribution in [0.5, 0.6) is 0 Å². The Hall–Kier alpha value is -6.16. The zero-order valence-corrected chi connectivity index (χ0v) is 29.7. The third kappa shape index (κ3) is 4.17. The maximum Gasteiger partial charge on any atom is 0.143 e. The van der Waals surface area contributed by atoms with Gasteiger partial charge in [-0.15, -0.1) is 11.3 Å². The van der Waals surface area contributed by atoms with Crippen molar-refractivity contribution in [3.05, 3.63) is 175 Å². The summed E-state index contributed by atoms with van der Waals surface area (Å²) in [6.45, 7) is 4.71. The van der Waals surface area contributed by atoms with Gasteiger partial charge in [0.25, 0.3) is 0 Å². The molecule has 2 heterocycles. The van der Waals surface area contributed by atoms with E-state index in [1.807, 2.05) is 17.4 Å². The predicted octanol–water partition coefficient (Wildman–Crippen LogP) is 14.6. The first kappa shape index (κ1) is 29.6. The monoisotopic (exact) mass is 683 g/mol. The summed E-state index contributed by atoms with van der Waals surface area (Å²) in [5.41, 5.74) is 12.9. The molecule has 10 aromatic rings. The molecule has 0 spiro atoms. The number of nitrogens with zero attached hydrogens (tertiary/aromatic N) is 1. The largest absolute Gasteiger partial charge is 0.455 e. The van der Waals surface area contributed by atoms with E-state index in [4.69, 9.17) is 4.42 Å². The Bertz CT molecular complexity index is 3050. The van der Waals surface area contributed by atoms with Gasteiger partial charge in [-0.05, 0) is 81.7 Å². The highest BCUT2D eigenvalue weighted by atomic mass is 32.1. The van der Waals surface area contributed by atoms with E-state index in [-0.39, 0.29) is 5.41 Å². The van der Waals surface area contributed by atoms with Crippen molar-refractivity contribution in [1.29, 1.82) is 0 Å². The summed E-state index contributed by atoms with van der Waals surface area (Å²) < 4.78 is 9.15. The average molecular weight is 684 g/mol. The van der Waals surface area contributed by atoms with Gasteiger partial charge in [-0.2, -0.15) is 0 Å². The third-order valence-corrected chi connectivity index (χ3v) is 12.4. The lowest BCUT2D eigenvalue weighted by Gasteiger charge is -2.29. The Morgan fingerprint density at radius 2 is 1.21 bits per heavy atom. The van der Waals surface area contributed by atoms with E-state index in [0.29, 0.717) is 0 Å². The lowest BCUT2D eigenvalue weighted by atomic mass is 9.82. The van der Waals surface area contributed by atoms with Crippen LogP contribution in [0.2, 0.25) is 0 Å². The van der Waals surface area contributed by atoms with E-state index >= 15 is 0 Å². The van der Waals surface area contributed by atoms with Gasteiger partial charge in [0.1, 0.15) is 11.2 Å². The molecule has 2 aromatic heterocycles. The summed E-state index contributed by atoms with van der Waals surface area (Å²) in [6.07, 6.45) is 0. The van der Waals surface area contributed by atoms with Gasteiger partial charge < -0.3 is 9.32 Å². The summed E-state index contributed by atoms with van der Waals surface area (Å²) >= 11 is 1.86. The SMILES string of the molecule is CC1(C)c2ccccc2-c2c(N(c3ccc(-c4cccc5ccc6c7ccccc7oc6c45)cc3)c3ccc4c(c3)sc3ccccc34)cccc21. The smallest absolute Gasteiger partial charge is 0.143 e. The van der Waals surface area contributed by atoms with Crippen LogP contribution in [0.3, 0.4) is 0 Å². The quantitative estimate of drug-likeness (QED) is 0.184. The first-order valence-electron chi connectivity index (χ1n) is 17.9. The first-order valence-corrected chi connectivity index (χ1v) is 18.7. The number of thiophene rings is 1. The average Bonchev–Trinajstić information content (AvgIpc) is 3.83. The number of rotatable bonds is 4. The van der Waals surface area contributed by atoms with E-state index in [2.05, 4.69) is 176 Å². The highest BCUT2D eigenvalue weighted by molar-refractivity contribution is 7.25. The maximum absolute atomic E-state index is 6.54. The zero-order chi connectivity index (χ0) is 34.6. The topological polar surface area (TPSA) is 16.4 Å². The highest BCUT2D eigenvalue weighted by Gasteiger charge is 2.37. The van der Waals surface area contributed by atoms with Crippen molar-refractivity contribution >= 4 is 81.3 Å². The predicted molar refractivity (Wildman–Crippen MR) is 222 cm³/mol. The van der Waals surface area contributed by atoms with Crippen molar-refractivity contribution in [3.63, 3.8) is 0 Å². The van der Waals surface area contributed by atoms with Gasteiger partial charge in [0, 0.05) is 58.7 Å². The second-order valence-electron chi connectivity index (χ2n) is 14.5. The summed E-state index contributed by atoms with van der Waals surface area (Å²) in [5, 5.41) is 7.24. The van der Waals surface area contributed by atoms with Crippen molar-refractivity contribution in [2.24, 2.45) is 0 Å². The van der Waals surface area contributed by atoms with Gasteiger partial charge in [-0.25, -0.2) is 0 Å². The Morgan fingerprint density at radius 1 is 0.519 bits per heavy atom. The van der Waals surface area contributed by atoms with Gasteiger partial charge in [0.2, 0.25) is 0 Å². The molecule has 0 radical (unpaired) electrons. The second kappa shape index (κ2) is 10.9. The Kier molecular flexibility index (Phi) is 6.21. The number of anilines is 3. The van der Waals surface area contributed by atoms with Crippen LogP contribution >= 0.6 is 11.3 Å². The summed E-state index contributed by atoms with van der Waals surface area (Å²) in [7, 11) is 0. The molecule has 11 rings (SSSR count). The van der Waals surface area contributed by atoms with Gasteiger partial charge in [-0.1, -0.05) is 129 Å². The zero-order valence-electron chi connectivity index (χ0n) is 28.9. The Morgan fingerprint density at radius 3 is 2.12 bits per heavy atom. The van der Waals surface area contributed by atoms with Crippen LogP contribution in [0.25, 0.3) is 75.1 Å². The van der Waals surface area contributed by atoms with Crippen LogP contribution in [-0.2, 0) is 5.41 Å². The lowest BCUT2D eigenvalue weighted by molar-refractivity contribution is 0.660. The number of furan rings is 1. The van der Waals surface area contributed by atoms with Crippen LogP contribution in [-0.4, -0.2) is 0 Å². The lowest BCUT2D eigenvalue weighted by Crippen LogP contribution is -2.16. The molecule has 0 unspecified atom stereocenters. The molecule has 0 aliphatic heterocycles. The minimum Gasteiger partial charge on any atom is -0.455 e. The molecule has 0 bridgehead atoms. The van der Waals surface area contributed by atoms with Crippen molar-refractivity contribution in [2.75, 3.05) is 4.90 Å². The standard InChI is InChI=1S/C49H33NOS/c1-49(2)40-16-6-3-14-39(40)47-41(49)17-10-18-42(47)50(33-26-28-37-36-13-5-8-20-44(36)52-45(37)29-33)32-24-21-30(22-25-32)34-15-9-11-31-23-27-38-35-12-4-7-19-43(35)51-48(38)46(31)34/h3-29H,1-2H3. The van der Waals surface area contributed by atoms with E-state index < -0.39 is 0 Å². The third-order valence-electron chi connectivity index (χ3n) is 11.3. The fourth-order valence-corrected chi connectivity index (χ4v) is 9.92. The number of benzene rings is 8. The van der Waals surface area contributed by atoms with Crippen molar-refractivity contribution < 1.29 is 4.42 Å². The summed E-state index contributed by atoms with van der Waals surface area (Å²) in [5.74, 6) is 0. The molecule has 0 saturated heterocycles. The Labute approximate surface area is 305 Å². The fraction of sp³-hybridized carbons (Fsp3) is 0.0612. The number of para-hydroxylation sites is 1. The van der Waals surface area contributed by atoms with Crippen LogP contribution < -0.4 is 4.90 Å². The van der Waals surface area contributed by atoms with Gasteiger partial charge in [-0.3, -0.25) is 0 Å². The molecule has 52 heavy (non-hydrogen) atoms. The minimum atomic E-state index is -0.0940. The van der Waals surface area contributed by atoms with Crippen LogP contribution in [0.1, 0.15) is 25.0 Å². The van der Waals surface area contributed by atoms with Crippen molar-refractivity contribution in [3.8, 4) is 22.3 Å². The molecule has 0 N–H and O–H groups in total. The Balaban J connectivity index is 1.12. The maximum atomic E-state index is 6.54. The fourth-order valence-electron chi connectivity index (χ4n) is 8.79. The molecular weight excluding hydrogens is 651 g/mol. The van der Waals surface area contributed by atoms with Crippen molar-refractivity contribution in [1.82, 2.24) is 0 Å². The van der Waals surface area contributed by atoms with Gasteiger partial charge in [0.05, 0.1) is 5.69 Å². The number of fused-ring (bicyclic) bond motifs is 11. The van der Waals surface area contributed by atoms with E-state index in [9.17, 15) is 0 Å². The molecule has 0 fully saturated rings. The molecule has 2 nitrogen and oxygen atoms in total. The molecule has 246 valence electrons. The van der Waals surface area contributed by atoms with Crippen molar-refractivity contribution in [2.45, 2.75) is 19.3 Å².